The van der Waals surface area contributed by atoms with E-state index in [2.05, 4.69) is 44.5 Å². The monoisotopic (exact) mass is 463 g/mol. The van der Waals surface area contributed by atoms with Gasteiger partial charge in [0.05, 0.1) is 4.70 Å². The van der Waals surface area contributed by atoms with Crippen LogP contribution in [0.4, 0.5) is 5.82 Å². The first-order valence-corrected chi connectivity index (χ1v) is 12.9. The minimum Gasteiger partial charge on any atom is -0.353 e. The summed E-state index contributed by atoms with van der Waals surface area (Å²) >= 11 is 1.60. The van der Waals surface area contributed by atoms with Crippen molar-refractivity contribution in [2.75, 3.05) is 50.7 Å². The van der Waals surface area contributed by atoms with Gasteiger partial charge in [-0.3, -0.25) is 15.1 Å². The number of fused-ring (bicyclic) bond motifs is 1. The number of hydrogen-bond acceptors (Lipinski definition) is 6. The molecule has 1 amide bonds. The highest BCUT2D eigenvalue weighted by molar-refractivity contribution is 7.13. The van der Waals surface area contributed by atoms with Crippen LogP contribution < -0.4 is 10.3 Å². The Hall–Kier alpha value is -2.48. The summed E-state index contributed by atoms with van der Waals surface area (Å²) in [6, 6.07) is 16.3. The summed E-state index contributed by atoms with van der Waals surface area (Å²) in [7, 11) is 0. The minimum absolute atomic E-state index is 0.000730. The van der Waals surface area contributed by atoms with Crippen LogP contribution >= 0.6 is 11.5 Å². The van der Waals surface area contributed by atoms with Gasteiger partial charge in [-0.05, 0) is 74.4 Å². The summed E-state index contributed by atoms with van der Waals surface area (Å²) in [5, 5.41) is 3.38. The quantitative estimate of drug-likeness (QED) is 0.595. The van der Waals surface area contributed by atoms with Crippen molar-refractivity contribution >= 4 is 33.3 Å². The number of nitrogens with zero attached hydrogens (tertiary/aromatic N) is 4. The predicted molar refractivity (Wildman–Crippen MR) is 136 cm³/mol. The van der Waals surface area contributed by atoms with Crippen molar-refractivity contribution in [3.05, 3.63) is 59.7 Å². The lowest BCUT2D eigenvalue weighted by Gasteiger charge is -2.37. The van der Waals surface area contributed by atoms with E-state index in [9.17, 15) is 4.79 Å². The smallest absolute Gasteiger partial charge is 0.265 e. The average molecular weight is 464 g/mol. The van der Waals surface area contributed by atoms with Gasteiger partial charge in [0.25, 0.3) is 5.91 Å². The second kappa shape index (κ2) is 10.2. The number of amides is 1. The number of piperazine rings is 1. The van der Waals surface area contributed by atoms with Crippen LogP contribution in [0.3, 0.4) is 0 Å². The fraction of sp³-hybridized carbons (Fsp3) is 0.462. The fourth-order valence-corrected chi connectivity index (χ4v) is 5.69. The van der Waals surface area contributed by atoms with Gasteiger partial charge in [0.15, 0.2) is 0 Å². The normalized spacial score (nSPS) is 18.6. The van der Waals surface area contributed by atoms with Crippen molar-refractivity contribution in [2.24, 2.45) is 5.92 Å². The lowest BCUT2D eigenvalue weighted by atomic mass is 9.94. The third-order valence-electron chi connectivity index (χ3n) is 7.07. The standard InChI is InChI=1S/C26H33N5OS/c1-20-6-8-22(9-7-20)26(32)27-31-14-11-21(12-15-31)10-13-29-16-18-30(19-17-29)25-23-4-2-3-5-24(23)33-28-25/h2-9,21H,10-19H2,1H3,(H,27,32). The van der Waals surface area contributed by atoms with E-state index in [-0.39, 0.29) is 5.91 Å². The van der Waals surface area contributed by atoms with E-state index in [1.54, 1.807) is 11.5 Å². The highest BCUT2D eigenvalue weighted by atomic mass is 32.1. The molecule has 7 heteroatoms. The van der Waals surface area contributed by atoms with Crippen LogP contribution in [0.25, 0.3) is 10.1 Å². The van der Waals surface area contributed by atoms with Crippen LogP contribution in [0.2, 0.25) is 0 Å². The number of nitrogens with one attached hydrogen (secondary N) is 1. The molecule has 3 aromatic rings. The number of benzene rings is 2. The number of anilines is 1. The van der Waals surface area contributed by atoms with Gasteiger partial charge in [0, 0.05) is 50.2 Å². The highest BCUT2D eigenvalue weighted by Crippen LogP contribution is 2.30. The molecular weight excluding hydrogens is 430 g/mol. The van der Waals surface area contributed by atoms with E-state index in [0.29, 0.717) is 0 Å². The number of carbonyl (C=O) groups is 1. The molecule has 0 unspecified atom stereocenters. The highest BCUT2D eigenvalue weighted by Gasteiger charge is 2.24. The maximum Gasteiger partial charge on any atom is 0.265 e. The first-order chi connectivity index (χ1) is 16.2. The Balaban J connectivity index is 1.02. The molecular formula is C26H33N5OS. The van der Waals surface area contributed by atoms with Crippen LogP contribution in [0.1, 0.15) is 35.2 Å². The van der Waals surface area contributed by atoms with Crippen LogP contribution in [-0.2, 0) is 0 Å². The van der Waals surface area contributed by atoms with E-state index in [0.717, 1.165) is 69.4 Å². The molecule has 2 aliphatic heterocycles. The SMILES string of the molecule is Cc1ccc(C(=O)NN2CCC(CCN3CCN(c4nsc5ccccc45)CC3)CC2)cc1. The third kappa shape index (κ3) is 5.37. The Bertz CT molecular complexity index is 1070. The average Bonchev–Trinajstić information content (AvgIpc) is 3.28. The largest absolute Gasteiger partial charge is 0.353 e. The van der Waals surface area contributed by atoms with E-state index in [4.69, 9.17) is 4.37 Å². The molecule has 2 aromatic carbocycles. The van der Waals surface area contributed by atoms with Crippen molar-refractivity contribution in [3.63, 3.8) is 0 Å². The zero-order chi connectivity index (χ0) is 22.6. The first kappa shape index (κ1) is 22.3. The number of carbonyl (C=O) groups excluding carboxylic acids is 1. The van der Waals surface area contributed by atoms with Gasteiger partial charge in [-0.1, -0.05) is 29.8 Å². The van der Waals surface area contributed by atoms with Gasteiger partial charge in [0.2, 0.25) is 0 Å². The molecule has 2 fully saturated rings. The molecule has 0 bridgehead atoms. The molecule has 1 N–H and O–H groups in total. The lowest BCUT2D eigenvalue weighted by Crippen LogP contribution is -2.48. The maximum atomic E-state index is 12.5. The second-order valence-electron chi connectivity index (χ2n) is 9.36. The minimum atomic E-state index is -0.000730. The van der Waals surface area contributed by atoms with Crippen LogP contribution in [0, 0.1) is 12.8 Å². The summed E-state index contributed by atoms with van der Waals surface area (Å²) in [4.78, 5) is 17.5. The van der Waals surface area contributed by atoms with E-state index < -0.39 is 0 Å². The molecule has 0 saturated carbocycles. The number of aromatic nitrogens is 1. The lowest BCUT2D eigenvalue weighted by molar-refractivity contribution is 0.0687. The summed E-state index contributed by atoms with van der Waals surface area (Å²) in [5.41, 5.74) is 4.99. The Labute approximate surface area is 200 Å². The maximum absolute atomic E-state index is 12.5. The Morgan fingerprint density at radius 3 is 2.48 bits per heavy atom. The van der Waals surface area contributed by atoms with Crippen molar-refractivity contribution in [1.82, 2.24) is 19.7 Å². The molecule has 2 aliphatic rings. The Morgan fingerprint density at radius 2 is 1.73 bits per heavy atom. The van der Waals surface area contributed by atoms with E-state index in [1.165, 1.54) is 28.6 Å². The molecule has 33 heavy (non-hydrogen) atoms. The van der Waals surface area contributed by atoms with E-state index >= 15 is 0 Å². The topological polar surface area (TPSA) is 51.7 Å². The van der Waals surface area contributed by atoms with Crippen LogP contribution in [-0.4, -0.2) is 66.0 Å². The number of rotatable bonds is 6. The molecule has 2 saturated heterocycles. The summed E-state index contributed by atoms with van der Waals surface area (Å²) in [6.07, 6.45) is 3.55. The molecule has 0 radical (unpaired) electrons. The van der Waals surface area contributed by atoms with Gasteiger partial charge < -0.3 is 4.90 Å². The van der Waals surface area contributed by atoms with Crippen molar-refractivity contribution in [3.8, 4) is 0 Å². The van der Waals surface area contributed by atoms with Crippen molar-refractivity contribution < 1.29 is 4.79 Å². The number of piperidine rings is 1. The molecule has 174 valence electrons. The molecule has 5 rings (SSSR count). The van der Waals surface area contributed by atoms with Crippen molar-refractivity contribution in [1.29, 1.82) is 0 Å². The Kier molecular flexibility index (Phi) is 6.90. The fourth-order valence-electron chi connectivity index (χ4n) is 4.90. The Morgan fingerprint density at radius 1 is 1.00 bits per heavy atom. The summed E-state index contributed by atoms with van der Waals surface area (Å²) in [6.45, 7) is 9.41. The van der Waals surface area contributed by atoms with Gasteiger partial charge in [0.1, 0.15) is 5.82 Å². The molecule has 0 spiro atoms. The second-order valence-corrected chi connectivity index (χ2v) is 10.2. The third-order valence-corrected chi connectivity index (χ3v) is 7.89. The molecule has 1 aromatic heterocycles. The zero-order valence-corrected chi connectivity index (χ0v) is 20.2. The van der Waals surface area contributed by atoms with Gasteiger partial charge in [-0.2, -0.15) is 4.37 Å². The van der Waals surface area contributed by atoms with Gasteiger partial charge in [-0.15, -0.1) is 0 Å². The van der Waals surface area contributed by atoms with Crippen molar-refractivity contribution in [2.45, 2.75) is 26.2 Å². The first-order valence-electron chi connectivity index (χ1n) is 12.1. The number of hydrogen-bond donors (Lipinski definition) is 1. The summed E-state index contributed by atoms with van der Waals surface area (Å²) < 4.78 is 6.00. The van der Waals surface area contributed by atoms with Crippen LogP contribution in [0.15, 0.2) is 48.5 Å². The number of aryl methyl sites for hydroxylation is 1. The number of hydrazine groups is 1. The molecule has 0 atom stereocenters. The molecule has 0 aliphatic carbocycles. The predicted octanol–water partition coefficient (Wildman–Crippen LogP) is 4.17. The summed E-state index contributed by atoms with van der Waals surface area (Å²) in [5.74, 6) is 1.91. The molecule has 6 nitrogen and oxygen atoms in total. The van der Waals surface area contributed by atoms with Gasteiger partial charge in [-0.25, -0.2) is 5.01 Å². The van der Waals surface area contributed by atoms with Crippen LogP contribution in [0.5, 0.6) is 0 Å². The zero-order valence-electron chi connectivity index (χ0n) is 19.4. The van der Waals surface area contributed by atoms with E-state index in [1.807, 2.05) is 31.2 Å². The van der Waals surface area contributed by atoms with Gasteiger partial charge >= 0.3 is 0 Å². The molecule has 3 heterocycles.